The maximum atomic E-state index is 8.25. The van der Waals surface area contributed by atoms with Crippen molar-refractivity contribution in [2.75, 3.05) is 0 Å². The van der Waals surface area contributed by atoms with Crippen LogP contribution >= 0.6 is 54.5 Å². The Morgan fingerprint density at radius 1 is 1.00 bits per heavy atom. The molecule has 6 heteroatoms. The Hall–Kier alpha value is -0.0451. The summed E-state index contributed by atoms with van der Waals surface area (Å²) in [5, 5.41) is 8.25. The van der Waals surface area contributed by atoms with E-state index in [1.807, 2.05) is 24.3 Å². The number of hydrogen-bond acceptors (Lipinski definition) is 2. The number of rotatable bonds is 2. The van der Waals surface area contributed by atoms with Gasteiger partial charge in [0.1, 0.15) is 5.75 Å². The van der Waals surface area contributed by atoms with Crippen molar-refractivity contribution in [2.24, 2.45) is 0 Å². The maximum absolute atomic E-state index is 8.25. The zero-order valence-corrected chi connectivity index (χ0v) is 14.5. The van der Waals surface area contributed by atoms with Gasteiger partial charge in [0.2, 0.25) is 0 Å². The average molecular weight is 483 g/mol. The Morgan fingerprint density at radius 2 is 1.61 bits per heavy atom. The molecule has 0 spiro atoms. The molecule has 0 aliphatic carbocycles. The molecule has 0 aliphatic heterocycles. The molecule has 0 atom stereocenters. The lowest BCUT2D eigenvalue weighted by Crippen LogP contribution is -1.98. The topological polar surface area (TPSA) is 29.5 Å². The summed E-state index contributed by atoms with van der Waals surface area (Å²) in [6.07, 6.45) is 0. The van der Waals surface area contributed by atoms with Gasteiger partial charge in [0.15, 0.2) is 0 Å². The highest BCUT2D eigenvalue weighted by Gasteiger charge is 1.93. The van der Waals surface area contributed by atoms with E-state index >= 15 is 0 Å². The highest BCUT2D eigenvalue weighted by Crippen LogP contribution is 2.16. The molecular formula is C12H9BBr2IO2. The predicted molar refractivity (Wildman–Crippen MR) is 89.6 cm³/mol. The molecular weight excluding hydrogens is 474 g/mol. The smallest absolute Gasteiger partial charge is 0.537 e. The van der Waals surface area contributed by atoms with Crippen LogP contribution in [0.1, 0.15) is 0 Å². The second-order valence-corrected chi connectivity index (χ2v) is 6.20. The van der Waals surface area contributed by atoms with Gasteiger partial charge in [-0.3, -0.25) is 0 Å². The third kappa shape index (κ3) is 6.77. The van der Waals surface area contributed by atoms with Crippen molar-refractivity contribution in [1.82, 2.24) is 0 Å². The van der Waals surface area contributed by atoms with Gasteiger partial charge in [0.25, 0.3) is 0 Å². The Balaban J connectivity index is 0.000000184. The van der Waals surface area contributed by atoms with Crippen molar-refractivity contribution in [3.8, 4) is 5.75 Å². The van der Waals surface area contributed by atoms with E-state index in [2.05, 4.69) is 71.2 Å². The first-order chi connectivity index (χ1) is 8.61. The third-order valence-electron chi connectivity index (χ3n) is 1.77. The first-order valence-electron chi connectivity index (χ1n) is 4.91. The van der Waals surface area contributed by atoms with Crippen LogP contribution in [0.5, 0.6) is 5.75 Å². The van der Waals surface area contributed by atoms with Gasteiger partial charge in [-0.15, -0.1) is 0 Å². The molecule has 0 saturated carbocycles. The summed E-state index contributed by atoms with van der Waals surface area (Å²) >= 11 is 8.89. The zero-order valence-electron chi connectivity index (χ0n) is 9.19. The summed E-state index contributed by atoms with van der Waals surface area (Å²) < 4.78 is 8.01. The third-order valence-corrected chi connectivity index (χ3v) is 3.43. The van der Waals surface area contributed by atoms with Crippen LogP contribution in [0.3, 0.4) is 0 Å². The molecule has 1 radical (unpaired) electrons. The minimum Gasteiger partial charge on any atom is -0.537 e. The summed E-state index contributed by atoms with van der Waals surface area (Å²) in [5.74, 6) is 0.608. The van der Waals surface area contributed by atoms with E-state index < -0.39 is 0 Å². The van der Waals surface area contributed by atoms with Gasteiger partial charge in [-0.25, -0.2) is 0 Å². The van der Waals surface area contributed by atoms with E-state index in [0.29, 0.717) is 13.4 Å². The van der Waals surface area contributed by atoms with Crippen LogP contribution in [0, 0.1) is 3.57 Å². The van der Waals surface area contributed by atoms with E-state index in [1.165, 1.54) is 3.57 Å². The molecule has 0 unspecified atom stereocenters. The van der Waals surface area contributed by atoms with Crippen LogP contribution in [-0.2, 0) is 0 Å². The summed E-state index contributed by atoms with van der Waals surface area (Å²) in [7, 11) is 0.655. The Kier molecular flexibility index (Phi) is 7.96. The van der Waals surface area contributed by atoms with E-state index in [1.54, 1.807) is 12.1 Å². The van der Waals surface area contributed by atoms with Crippen LogP contribution in [-0.4, -0.2) is 12.7 Å². The van der Waals surface area contributed by atoms with Crippen molar-refractivity contribution in [3.63, 3.8) is 0 Å². The summed E-state index contributed by atoms with van der Waals surface area (Å²) in [6, 6.07) is 15.4. The van der Waals surface area contributed by atoms with E-state index in [9.17, 15) is 0 Å². The lowest BCUT2D eigenvalue weighted by Gasteiger charge is -1.99. The molecule has 18 heavy (non-hydrogen) atoms. The van der Waals surface area contributed by atoms with Gasteiger partial charge in [-0.05, 0) is 59.0 Å². The molecule has 93 valence electrons. The second kappa shape index (κ2) is 8.95. The highest BCUT2D eigenvalue weighted by molar-refractivity contribution is 14.1. The Morgan fingerprint density at radius 3 is 2.06 bits per heavy atom. The minimum absolute atomic E-state index is 0.608. The number of hydrogen-bond donors (Lipinski definition) is 1. The van der Waals surface area contributed by atoms with E-state index in [4.69, 9.17) is 5.02 Å². The van der Waals surface area contributed by atoms with Crippen LogP contribution in [0.2, 0.25) is 0 Å². The Bertz CT molecular complexity index is 480. The Labute approximate surface area is 137 Å². The molecule has 0 saturated heterocycles. The van der Waals surface area contributed by atoms with Crippen molar-refractivity contribution in [2.45, 2.75) is 0 Å². The lowest BCUT2D eigenvalue weighted by atomic mass is 10.3. The van der Waals surface area contributed by atoms with Gasteiger partial charge in [-0.2, -0.15) is 0 Å². The fourth-order valence-electron chi connectivity index (χ4n) is 1.06. The van der Waals surface area contributed by atoms with Crippen LogP contribution < -0.4 is 4.65 Å². The van der Waals surface area contributed by atoms with E-state index in [0.717, 1.165) is 8.95 Å². The fraction of sp³-hybridized carbons (Fsp3) is 0. The van der Waals surface area contributed by atoms with Gasteiger partial charge in [0, 0.05) is 12.5 Å². The molecule has 1 N–H and O–H groups in total. The molecule has 0 aromatic heterocycles. The predicted octanol–water partition coefficient (Wildman–Crippen LogP) is 4.41. The SMILES string of the molecule is Brc1cccc(I)c1.O[B]Oc1cccc(Br)c1. The van der Waals surface area contributed by atoms with Crippen molar-refractivity contribution in [1.29, 1.82) is 0 Å². The first-order valence-corrected chi connectivity index (χ1v) is 7.57. The zero-order chi connectivity index (χ0) is 13.4. The van der Waals surface area contributed by atoms with Gasteiger partial charge < -0.3 is 9.68 Å². The molecule has 2 aromatic carbocycles. The normalized spacial score (nSPS) is 9.11. The van der Waals surface area contributed by atoms with Crippen LogP contribution in [0.4, 0.5) is 0 Å². The maximum Gasteiger partial charge on any atom is 0.569 e. The second-order valence-electron chi connectivity index (χ2n) is 3.12. The van der Waals surface area contributed by atoms with Crippen molar-refractivity contribution in [3.05, 3.63) is 61.0 Å². The molecule has 2 nitrogen and oxygen atoms in total. The largest absolute Gasteiger partial charge is 0.569 e. The standard InChI is InChI=1S/C6H5BBrO2.C6H4BrI/c8-5-2-1-3-6(4-5)10-7-9;7-5-2-1-3-6(8)4-5/h1-4,9H;1-4H. The van der Waals surface area contributed by atoms with E-state index in [-0.39, 0.29) is 0 Å². The van der Waals surface area contributed by atoms with Gasteiger partial charge in [0.05, 0.1) is 0 Å². The minimum atomic E-state index is 0.608. The summed E-state index contributed by atoms with van der Waals surface area (Å²) in [5.41, 5.74) is 0. The fourth-order valence-corrected chi connectivity index (χ4v) is 2.81. The van der Waals surface area contributed by atoms with Crippen LogP contribution in [0.15, 0.2) is 57.5 Å². The quantitative estimate of drug-likeness (QED) is 0.508. The molecule has 2 aromatic rings. The molecule has 0 heterocycles. The molecule has 0 amide bonds. The molecule has 2 rings (SSSR count). The summed E-state index contributed by atoms with van der Waals surface area (Å²) in [6.45, 7) is 0. The number of halogens is 3. The van der Waals surface area contributed by atoms with Gasteiger partial charge in [-0.1, -0.05) is 44.0 Å². The summed E-state index contributed by atoms with van der Waals surface area (Å²) in [4.78, 5) is 0. The van der Waals surface area contributed by atoms with Crippen molar-refractivity contribution < 1.29 is 9.68 Å². The highest BCUT2D eigenvalue weighted by atomic mass is 127. The van der Waals surface area contributed by atoms with Gasteiger partial charge >= 0.3 is 7.69 Å². The monoisotopic (exact) mass is 481 g/mol. The number of benzene rings is 2. The van der Waals surface area contributed by atoms with Crippen molar-refractivity contribution >= 4 is 62.1 Å². The average Bonchev–Trinajstić information content (AvgIpc) is 2.30. The molecule has 0 bridgehead atoms. The van der Waals surface area contributed by atoms with Crippen LogP contribution in [0.25, 0.3) is 0 Å². The lowest BCUT2D eigenvalue weighted by molar-refractivity contribution is 0.453. The molecule has 0 aliphatic rings. The first kappa shape index (κ1) is 16.0. The molecule has 0 fully saturated rings.